The number of benzene rings is 1. The van der Waals surface area contributed by atoms with E-state index in [1.807, 2.05) is 6.92 Å². The standard InChI is InChI=1S/C15H13F2NO/c1-9-7-8-13(18-15(9)10(2)19-3)14-11(16)5-4-6-12(14)17/h4-8H,2H2,1,3H3. The summed E-state index contributed by atoms with van der Waals surface area (Å²) in [4.78, 5) is 4.23. The summed E-state index contributed by atoms with van der Waals surface area (Å²) in [6.07, 6.45) is 0. The molecular weight excluding hydrogens is 248 g/mol. The van der Waals surface area contributed by atoms with E-state index in [0.29, 0.717) is 11.5 Å². The molecule has 0 saturated heterocycles. The molecule has 1 heterocycles. The number of rotatable bonds is 3. The summed E-state index contributed by atoms with van der Waals surface area (Å²) in [5.41, 5.74) is 1.39. The normalized spacial score (nSPS) is 10.3. The lowest BCUT2D eigenvalue weighted by molar-refractivity contribution is 0.369. The molecule has 2 rings (SSSR count). The number of hydrogen-bond donors (Lipinski definition) is 0. The van der Waals surface area contributed by atoms with Gasteiger partial charge in [0.25, 0.3) is 0 Å². The molecule has 0 bridgehead atoms. The second-order valence-electron chi connectivity index (χ2n) is 4.09. The fourth-order valence-electron chi connectivity index (χ4n) is 1.79. The summed E-state index contributed by atoms with van der Waals surface area (Å²) < 4.78 is 32.5. The summed E-state index contributed by atoms with van der Waals surface area (Å²) in [5, 5.41) is 0. The predicted molar refractivity (Wildman–Crippen MR) is 70.4 cm³/mol. The van der Waals surface area contributed by atoms with Crippen molar-refractivity contribution < 1.29 is 13.5 Å². The van der Waals surface area contributed by atoms with E-state index in [1.165, 1.54) is 25.3 Å². The number of methoxy groups -OCH3 is 1. The Morgan fingerprint density at radius 2 is 1.79 bits per heavy atom. The monoisotopic (exact) mass is 261 g/mol. The molecule has 0 aliphatic rings. The molecule has 19 heavy (non-hydrogen) atoms. The molecule has 0 aliphatic carbocycles. The van der Waals surface area contributed by atoms with Gasteiger partial charge in [0, 0.05) is 0 Å². The van der Waals surface area contributed by atoms with Gasteiger partial charge in [-0.2, -0.15) is 0 Å². The number of aromatic nitrogens is 1. The van der Waals surface area contributed by atoms with E-state index in [0.717, 1.165) is 5.56 Å². The van der Waals surface area contributed by atoms with Crippen LogP contribution in [0.1, 0.15) is 11.3 Å². The van der Waals surface area contributed by atoms with E-state index in [4.69, 9.17) is 4.74 Å². The van der Waals surface area contributed by atoms with E-state index in [-0.39, 0.29) is 11.3 Å². The van der Waals surface area contributed by atoms with Crippen LogP contribution in [0.5, 0.6) is 0 Å². The van der Waals surface area contributed by atoms with E-state index < -0.39 is 11.6 Å². The first kappa shape index (κ1) is 13.2. The van der Waals surface area contributed by atoms with Crippen LogP contribution in [0, 0.1) is 18.6 Å². The summed E-state index contributed by atoms with van der Waals surface area (Å²) in [6.45, 7) is 5.54. The van der Waals surface area contributed by atoms with Gasteiger partial charge in [0.05, 0.1) is 18.4 Å². The first-order valence-electron chi connectivity index (χ1n) is 5.70. The highest BCUT2D eigenvalue weighted by Gasteiger charge is 2.14. The van der Waals surface area contributed by atoms with Gasteiger partial charge < -0.3 is 4.74 Å². The lowest BCUT2D eigenvalue weighted by Gasteiger charge is -2.10. The van der Waals surface area contributed by atoms with Crippen molar-refractivity contribution >= 4 is 5.76 Å². The maximum absolute atomic E-state index is 13.7. The molecule has 1 aromatic heterocycles. The summed E-state index contributed by atoms with van der Waals surface area (Å²) in [7, 11) is 1.47. The molecule has 0 aliphatic heterocycles. The quantitative estimate of drug-likeness (QED) is 0.780. The van der Waals surface area contributed by atoms with E-state index in [9.17, 15) is 8.78 Å². The van der Waals surface area contributed by atoms with Crippen LogP contribution in [0.4, 0.5) is 8.78 Å². The zero-order valence-corrected chi connectivity index (χ0v) is 10.7. The molecule has 2 aromatic rings. The van der Waals surface area contributed by atoms with Crippen LogP contribution in [0.25, 0.3) is 17.0 Å². The van der Waals surface area contributed by atoms with Crippen molar-refractivity contribution in [2.24, 2.45) is 0 Å². The fraction of sp³-hybridized carbons (Fsp3) is 0.133. The van der Waals surface area contributed by atoms with Gasteiger partial charge in [-0.1, -0.05) is 18.7 Å². The lowest BCUT2D eigenvalue weighted by atomic mass is 10.1. The van der Waals surface area contributed by atoms with Crippen molar-refractivity contribution in [3.8, 4) is 11.3 Å². The van der Waals surface area contributed by atoms with Crippen LogP contribution in [-0.4, -0.2) is 12.1 Å². The van der Waals surface area contributed by atoms with Crippen LogP contribution >= 0.6 is 0 Å². The molecule has 0 saturated carbocycles. The predicted octanol–water partition coefficient (Wildman–Crippen LogP) is 3.95. The molecule has 0 fully saturated rings. The van der Waals surface area contributed by atoms with E-state index >= 15 is 0 Å². The van der Waals surface area contributed by atoms with E-state index in [2.05, 4.69) is 11.6 Å². The third kappa shape index (κ3) is 2.47. The number of nitrogens with zero attached hydrogens (tertiary/aromatic N) is 1. The number of pyridine rings is 1. The lowest BCUT2D eigenvalue weighted by Crippen LogP contribution is -1.99. The molecular formula is C15H13F2NO. The Balaban J connectivity index is 2.61. The molecule has 0 radical (unpaired) electrons. The van der Waals surface area contributed by atoms with Crippen LogP contribution in [-0.2, 0) is 4.74 Å². The molecule has 0 spiro atoms. The Morgan fingerprint density at radius 3 is 2.37 bits per heavy atom. The van der Waals surface area contributed by atoms with Crippen molar-refractivity contribution in [1.29, 1.82) is 0 Å². The Labute approximate surface area is 110 Å². The molecule has 2 nitrogen and oxygen atoms in total. The molecule has 0 N–H and O–H groups in total. The van der Waals surface area contributed by atoms with E-state index in [1.54, 1.807) is 12.1 Å². The van der Waals surface area contributed by atoms with Crippen LogP contribution in [0.2, 0.25) is 0 Å². The first-order chi connectivity index (χ1) is 9.04. The molecule has 1 aromatic carbocycles. The Kier molecular flexibility index (Phi) is 3.60. The Bertz CT molecular complexity index is 618. The zero-order valence-electron chi connectivity index (χ0n) is 10.7. The van der Waals surface area contributed by atoms with Crippen molar-refractivity contribution in [2.75, 3.05) is 7.11 Å². The van der Waals surface area contributed by atoms with Gasteiger partial charge in [-0.25, -0.2) is 13.8 Å². The topological polar surface area (TPSA) is 22.1 Å². The third-order valence-electron chi connectivity index (χ3n) is 2.83. The largest absolute Gasteiger partial charge is 0.495 e. The number of halogens is 2. The summed E-state index contributed by atoms with van der Waals surface area (Å²) >= 11 is 0. The minimum atomic E-state index is -0.648. The smallest absolute Gasteiger partial charge is 0.137 e. The van der Waals surface area contributed by atoms with Gasteiger partial charge in [-0.3, -0.25) is 0 Å². The molecule has 0 amide bonds. The first-order valence-corrected chi connectivity index (χ1v) is 5.70. The highest BCUT2D eigenvalue weighted by atomic mass is 19.1. The Morgan fingerprint density at radius 1 is 1.16 bits per heavy atom. The van der Waals surface area contributed by atoms with Crippen LogP contribution < -0.4 is 0 Å². The molecule has 98 valence electrons. The zero-order chi connectivity index (χ0) is 14.0. The number of aryl methyl sites for hydroxylation is 1. The summed E-state index contributed by atoms with van der Waals surface area (Å²) in [5.74, 6) is -0.938. The van der Waals surface area contributed by atoms with Gasteiger partial charge in [0.1, 0.15) is 23.1 Å². The van der Waals surface area contributed by atoms with Crippen molar-refractivity contribution in [3.05, 3.63) is 59.8 Å². The van der Waals surface area contributed by atoms with Crippen molar-refractivity contribution in [1.82, 2.24) is 4.98 Å². The highest BCUT2D eigenvalue weighted by Crippen LogP contribution is 2.26. The van der Waals surface area contributed by atoms with Gasteiger partial charge in [0.2, 0.25) is 0 Å². The maximum atomic E-state index is 13.7. The number of ether oxygens (including phenoxy) is 1. The van der Waals surface area contributed by atoms with Gasteiger partial charge in [-0.05, 0) is 30.7 Å². The summed E-state index contributed by atoms with van der Waals surface area (Å²) in [6, 6.07) is 7.02. The highest BCUT2D eigenvalue weighted by molar-refractivity contribution is 5.65. The minimum Gasteiger partial charge on any atom is -0.495 e. The maximum Gasteiger partial charge on any atom is 0.137 e. The molecule has 0 atom stereocenters. The van der Waals surface area contributed by atoms with Crippen molar-refractivity contribution in [2.45, 2.75) is 6.92 Å². The average molecular weight is 261 g/mol. The van der Waals surface area contributed by atoms with Crippen LogP contribution in [0.15, 0.2) is 36.9 Å². The minimum absolute atomic E-state index is 0.146. The molecule has 0 unspecified atom stereocenters. The second-order valence-corrected chi connectivity index (χ2v) is 4.09. The Hall–Kier alpha value is -2.23. The third-order valence-corrected chi connectivity index (χ3v) is 2.83. The fourth-order valence-corrected chi connectivity index (χ4v) is 1.79. The van der Waals surface area contributed by atoms with Gasteiger partial charge in [-0.15, -0.1) is 0 Å². The second kappa shape index (κ2) is 5.18. The van der Waals surface area contributed by atoms with Gasteiger partial charge in [0.15, 0.2) is 0 Å². The average Bonchev–Trinajstić information content (AvgIpc) is 2.39. The number of hydrogen-bond acceptors (Lipinski definition) is 2. The van der Waals surface area contributed by atoms with Crippen molar-refractivity contribution in [3.63, 3.8) is 0 Å². The van der Waals surface area contributed by atoms with Gasteiger partial charge >= 0.3 is 0 Å². The SMILES string of the molecule is C=C(OC)c1nc(-c2c(F)cccc2F)ccc1C. The van der Waals surface area contributed by atoms with Crippen LogP contribution in [0.3, 0.4) is 0 Å². The molecule has 4 heteroatoms.